The maximum absolute atomic E-state index is 12.7. The minimum absolute atomic E-state index is 0.125. The van der Waals surface area contributed by atoms with Crippen molar-refractivity contribution in [3.8, 4) is 5.75 Å². The zero-order chi connectivity index (χ0) is 20.1. The Morgan fingerprint density at radius 2 is 1.57 bits per heavy atom. The van der Waals surface area contributed by atoms with Gasteiger partial charge in [0.15, 0.2) is 5.75 Å². The highest BCUT2D eigenvalue weighted by Gasteiger charge is 2.15. The highest BCUT2D eigenvalue weighted by atomic mass is 35.5. The molecule has 0 atom stereocenters. The van der Waals surface area contributed by atoms with Gasteiger partial charge < -0.3 is 15.3 Å². The molecule has 0 aromatic heterocycles. The second kappa shape index (κ2) is 8.65. The average molecular weight is 417 g/mol. The molecule has 0 fully saturated rings. The average Bonchev–Trinajstić information content (AvgIpc) is 2.68. The van der Waals surface area contributed by atoms with Crippen LogP contribution in [0.1, 0.15) is 20.7 Å². The van der Waals surface area contributed by atoms with Gasteiger partial charge in [0.1, 0.15) is 5.69 Å². The van der Waals surface area contributed by atoms with Crippen LogP contribution in [-0.2, 0) is 0 Å². The van der Waals surface area contributed by atoms with Gasteiger partial charge >= 0.3 is 5.97 Å². The second-order valence-corrected chi connectivity index (χ2v) is 6.50. The van der Waals surface area contributed by atoms with Crippen LogP contribution in [0.3, 0.4) is 0 Å². The van der Waals surface area contributed by atoms with E-state index < -0.39 is 11.9 Å². The summed E-state index contributed by atoms with van der Waals surface area (Å²) in [5.74, 6) is -0.994. The lowest BCUT2D eigenvalue weighted by molar-refractivity contribution is 0.0696. The predicted molar refractivity (Wildman–Crippen MR) is 109 cm³/mol. The van der Waals surface area contributed by atoms with Crippen LogP contribution in [0.5, 0.6) is 5.75 Å². The fourth-order valence-electron chi connectivity index (χ4n) is 2.32. The number of nitrogens with one attached hydrogen (secondary N) is 2. The van der Waals surface area contributed by atoms with Crippen molar-refractivity contribution in [2.45, 2.75) is 0 Å². The van der Waals surface area contributed by atoms with Gasteiger partial charge in [0, 0.05) is 10.7 Å². The molecule has 0 saturated heterocycles. The number of hydrogen-bond donors (Lipinski definition) is 3. The molecule has 3 aromatic rings. The topological polar surface area (TPSA) is 87.7 Å². The number of benzene rings is 3. The molecule has 28 heavy (non-hydrogen) atoms. The highest BCUT2D eigenvalue weighted by Crippen LogP contribution is 2.28. The van der Waals surface area contributed by atoms with Crippen LogP contribution in [0.4, 0.5) is 11.4 Å². The first-order valence-electron chi connectivity index (χ1n) is 8.05. The van der Waals surface area contributed by atoms with Crippen LogP contribution in [0, 0.1) is 0 Å². The molecule has 8 heteroatoms. The number of para-hydroxylation sites is 1. The van der Waals surface area contributed by atoms with Crippen LogP contribution in [0.15, 0.2) is 66.7 Å². The number of hydrogen-bond acceptors (Lipinski definition) is 4. The summed E-state index contributed by atoms with van der Waals surface area (Å²) in [5, 5.41) is 12.5. The minimum atomic E-state index is -1.04. The van der Waals surface area contributed by atoms with Gasteiger partial charge in [-0.05, 0) is 60.7 Å². The fourth-order valence-corrected chi connectivity index (χ4v) is 2.66. The van der Waals surface area contributed by atoms with Crippen molar-refractivity contribution in [3.63, 3.8) is 0 Å². The Balaban J connectivity index is 1.77. The molecule has 0 heterocycles. The SMILES string of the molecule is O=C(O)c1ccc(NC(=O)c2cccc(Cl)c2NOc2ccc(Cl)cc2)cc1. The van der Waals surface area contributed by atoms with Gasteiger partial charge in [-0.3, -0.25) is 4.79 Å². The Labute approximate surface area is 170 Å². The highest BCUT2D eigenvalue weighted by molar-refractivity contribution is 6.34. The summed E-state index contributed by atoms with van der Waals surface area (Å²) >= 11 is 12.1. The first-order chi connectivity index (χ1) is 13.4. The van der Waals surface area contributed by atoms with Crippen LogP contribution in [0.2, 0.25) is 10.0 Å². The molecular formula is C20H14Cl2N2O4. The van der Waals surface area contributed by atoms with E-state index >= 15 is 0 Å². The van der Waals surface area contributed by atoms with E-state index in [1.165, 1.54) is 24.3 Å². The van der Waals surface area contributed by atoms with Crippen LogP contribution in [0.25, 0.3) is 0 Å². The smallest absolute Gasteiger partial charge is 0.335 e. The van der Waals surface area contributed by atoms with Crippen LogP contribution in [-0.4, -0.2) is 17.0 Å². The van der Waals surface area contributed by atoms with Crippen molar-refractivity contribution in [1.29, 1.82) is 0 Å². The Morgan fingerprint density at radius 1 is 0.893 bits per heavy atom. The van der Waals surface area contributed by atoms with E-state index in [4.69, 9.17) is 33.1 Å². The lowest BCUT2D eigenvalue weighted by atomic mass is 10.1. The third-order valence-electron chi connectivity index (χ3n) is 3.73. The van der Waals surface area contributed by atoms with Gasteiger partial charge in [-0.25, -0.2) is 10.3 Å². The maximum atomic E-state index is 12.7. The third kappa shape index (κ3) is 4.73. The quantitative estimate of drug-likeness (QED) is 0.471. The summed E-state index contributed by atoms with van der Waals surface area (Å²) in [5.41, 5.74) is 3.81. The lowest BCUT2D eigenvalue weighted by Crippen LogP contribution is -2.16. The molecule has 0 radical (unpaired) electrons. The zero-order valence-electron chi connectivity index (χ0n) is 14.3. The van der Waals surface area contributed by atoms with Crippen molar-refractivity contribution in [1.82, 2.24) is 0 Å². The standard InChI is InChI=1S/C20H14Cl2N2O4/c21-13-6-10-15(11-7-13)28-24-18-16(2-1-3-17(18)22)19(25)23-14-8-4-12(5-9-14)20(26)27/h1-11,24H,(H,23,25)(H,26,27). The Hall–Kier alpha value is -3.22. The molecule has 6 nitrogen and oxygen atoms in total. The van der Waals surface area contributed by atoms with E-state index in [-0.39, 0.29) is 11.1 Å². The van der Waals surface area contributed by atoms with Gasteiger partial charge in [0.05, 0.1) is 16.1 Å². The van der Waals surface area contributed by atoms with Gasteiger partial charge in [-0.15, -0.1) is 0 Å². The van der Waals surface area contributed by atoms with Crippen molar-refractivity contribution in [3.05, 3.63) is 87.9 Å². The summed E-state index contributed by atoms with van der Waals surface area (Å²) in [6.45, 7) is 0. The van der Waals surface area contributed by atoms with E-state index in [0.717, 1.165) is 0 Å². The van der Waals surface area contributed by atoms with Gasteiger partial charge in [0.25, 0.3) is 5.91 Å². The van der Waals surface area contributed by atoms with Crippen molar-refractivity contribution in [2.24, 2.45) is 0 Å². The number of rotatable bonds is 6. The summed E-state index contributed by atoms with van der Waals surface area (Å²) in [6.07, 6.45) is 0. The number of amides is 1. The number of aromatic carboxylic acids is 1. The number of carbonyl (C=O) groups excluding carboxylic acids is 1. The van der Waals surface area contributed by atoms with Crippen molar-refractivity contribution < 1.29 is 19.5 Å². The minimum Gasteiger partial charge on any atom is -0.478 e. The van der Waals surface area contributed by atoms with E-state index in [1.54, 1.807) is 42.5 Å². The summed E-state index contributed by atoms with van der Waals surface area (Å²) in [6, 6.07) is 17.3. The third-order valence-corrected chi connectivity index (χ3v) is 4.30. The molecule has 142 valence electrons. The van der Waals surface area contributed by atoms with Gasteiger partial charge in [0.2, 0.25) is 0 Å². The molecule has 0 saturated carbocycles. The van der Waals surface area contributed by atoms with E-state index in [0.29, 0.717) is 27.2 Å². The summed E-state index contributed by atoms with van der Waals surface area (Å²) in [7, 11) is 0. The zero-order valence-corrected chi connectivity index (χ0v) is 15.8. The Morgan fingerprint density at radius 3 is 2.21 bits per heavy atom. The second-order valence-electron chi connectivity index (χ2n) is 5.66. The number of carboxylic acids is 1. The number of carboxylic acid groups (broad SMARTS) is 1. The Kier molecular flexibility index (Phi) is 6.03. The van der Waals surface area contributed by atoms with E-state index in [1.807, 2.05) is 0 Å². The lowest BCUT2D eigenvalue weighted by Gasteiger charge is -2.14. The molecule has 1 amide bonds. The number of carbonyl (C=O) groups is 2. The molecule has 0 aliphatic carbocycles. The summed E-state index contributed by atoms with van der Waals surface area (Å²) < 4.78 is 0. The maximum Gasteiger partial charge on any atom is 0.335 e. The van der Waals surface area contributed by atoms with E-state index in [9.17, 15) is 9.59 Å². The summed E-state index contributed by atoms with van der Waals surface area (Å²) in [4.78, 5) is 29.0. The monoisotopic (exact) mass is 416 g/mol. The molecule has 0 bridgehead atoms. The van der Waals surface area contributed by atoms with Crippen LogP contribution < -0.4 is 15.6 Å². The fraction of sp³-hybridized carbons (Fsp3) is 0. The molecular weight excluding hydrogens is 403 g/mol. The van der Waals surface area contributed by atoms with Crippen molar-refractivity contribution in [2.75, 3.05) is 10.8 Å². The van der Waals surface area contributed by atoms with Gasteiger partial charge in [-0.1, -0.05) is 29.3 Å². The molecule has 0 unspecified atom stereocenters. The number of anilines is 2. The van der Waals surface area contributed by atoms with Crippen LogP contribution >= 0.6 is 23.2 Å². The first-order valence-corrected chi connectivity index (χ1v) is 8.81. The molecule has 3 rings (SSSR count). The Bertz CT molecular complexity index is 1010. The number of halogens is 2. The van der Waals surface area contributed by atoms with E-state index in [2.05, 4.69) is 10.8 Å². The molecule has 0 spiro atoms. The van der Waals surface area contributed by atoms with Gasteiger partial charge in [-0.2, -0.15) is 0 Å². The molecule has 0 aliphatic heterocycles. The first kappa shape index (κ1) is 19.5. The van der Waals surface area contributed by atoms with Crippen molar-refractivity contribution >= 4 is 46.5 Å². The predicted octanol–water partition coefficient (Wildman–Crippen LogP) is 5.35. The molecule has 3 N–H and O–H groups in total. The normalized spacial score (nSPS) is 10.2. The molecule has 0 aliphatic rings. The molecule has 3 aromatic carbocycles. The largest absolute Gasteiger partial charge is 0.478 e.